The summed E-state index contributed by atoms with van der Waals surface area (Å²) in [5.74, 6) is -1.08. The van der Waals surface area contributed by atoms with Crippen molar-refractivity contribution in [2.45, 2.75) is 39.8 Å². The molecule has 0 aliphatic carbocycles. The van der Waals surface area contributed by atoms with E-state index in [0.717, 1.165) is 11.3 Å². The van der Waals surface area contributed by atoms with E-state index in [4.69, 9.17) is 9.84 Å². The van der Waals surface area contributed by atoms with Crippen LogP contribution in [0.4, 0.5) is 5.95 Å². The molecule has 0 fully saturated rings. The summed E-state index contributed by atoms with van der Waals surface area (Å²) in [6.07, 6.45) is 3.25. The van der Waals surface area contributed by atoms with Crippen LogP contribution in [0.3, 0.4) is 0 Å². The first-order valence-corrected chi connectivity index (χ1v) is 8.50. The number of ether oxygens (including phenoxy) is 1. The lowest BCUT2D eigenvalue weighted by Gasteiger charge is -2.28. The molecule has 0 atom stereocenters. The van der Waals surface area contributed by atoms with Crippen LogP contribution in [0.15, 0.2) is 12.4 Å². The fourth-order valence-corrected chi connectivity index (χ4v) is 3.00. The van der Waals surface area contributed by atoms with Gasteiger partial charge in [-0.3, -0.25) is 4.68 Å². The van der Waals surface area contributed by atoms with Gasteiger partial charge in [0.15, 0.2) is 5.69 Å². The van der Waals surface area contributed by atoms with E-state index in [1.54, 1.807) is 6.92 Å². The fraction of sp³-hybridized carbons (Fsp3) is 0.471. The number of esters is 1. The van der Waals surface area contributed by atoms with Crippen molar-refractivity contribution in [2.75, 3.05) is 18.1 Å². The molecule has 1 N–H and O–H groups in total. The number of carbonyl (C=O) groups excluding carboxylic acids is 1. The van der Waals surface area contributed by atoms with Crippen LogP contribution in [0.2, 0.25) is 0 Å². The molecule has 1 aliphatic heterocycles. The molecule has 138 valence electrons. The molecule has 0 amide bonds. The van der Waals surface area contributed by atoms with Gasteiger partial charge < -0.3 is 14.7 Å². The molecule has 26 heavy (non-hydrogen) atoms. The van der Waals surface area contributed by atoms with Crippen LogP contribution in [-0.4, -0.2) is 49.9 Å². The molecule has 3 rings (SSSR count). The molecule has 0 saturated heterocycles. The Balaban J connectivity index is 1.93. The van der Waals surface area contributed by atoms with Crippen LogP contribution in [-0.2, 0) is 17.7 Å². The van der Waals surface area contributed by atoms with Crippen LogP contribution in [0, 0.1) is 0 Å². The molecule has 2 aromatic rings. The third-order valence-electron chi connectivity index (χ3n) is 4.21. The first-order chi connectivity index (χ1) is 12.4. The number of rotatable bonds is 5. The maximum absolute atomic E-state index is 12.3. The number of nitrogens with zero attached hydrogens (tertiary/aromatic N) is 5. The van der Waals surface area contributed by atoms with E-state index in [2.05, 4.69) is 15.1 Å². The number of carboxylic acid groups (broad SMARTS) is 1. The fourth-order valence-electron chi connectivity index (χ4n) is 3.00. The summed E-state index contributed by atoms with van der Waals surface area (Å²) >= 11 is 0. The van der Waals surface area contributed by atoms with E-state index in [-0.39, 0.29) is 18.2 Å². The number of carbonyl (C=O) groups is 2. The maximum atomic E-state index is 12.3. The minimum Gasteiger partial charge on any atom is -0.478 e. The summed E-state index contributed by atoms with van der Waals surface area (Å²) in [5.41, 5.74) is 2.18. The van der Waals surface area contributed by atoms with E-state index in [1.807, 2.05) is 23.4 Å². The van der Waals surface area contributed by atoms with Crippen molar-refractivity contribution in [2.24, 2.45) is 0 Å². The van der Waals surface area contributed by atoms with Crippen molar-refractivity contribution in [1.82, 2.24) is 19.7 Å². The third-order valence-corrected chi connectivity index (χ3v) is 4.21. The Hall–Kier alpha value is -2.97. The molecule has 9 heteroatoms. The quantitative estimate of drug-likeness (QED) is 0.803. The van der Waals surface area contributed by atoms with Crippen LogP contribution >= 0.6 is 0 Å². The average molecular weight is 359 g/mol. The van der Waals surface area contributed by atoms with Gasteiger partial charge in [0.1, 0.15) is 0 Å². The summed E-state index contributed by atoms with van der Waals surface area (Å²) in [4.78, 5) is 33.4. The number of hydrogen-bond acceptors (Lipinski definition) is 7. The topological polar surface area (TPSA) is 110 Å². The second kappa shape index (κ2) is 7.11. The van der Waals surface area contributed by atoms with Gasteiger partial charge in [0, 0.05) is 42.7 Å². The first-order valence-electron chi connectivity index (χ1n) is 8.50. The van der Waals surface area contributed by atoms with Crippen molar-refractivity contribution in [3.63, 3.8) is 0 Å². The normalized spacial score (nSPS) is 13.6. The Morgan fingerprint density at radius 2 is 2.00 bits per heavy atom. The van der Waals surface area contributed by atoms with Crippen molar-refractivity contribution in [1.29, 1.82) is 0 Å². The first kappa shape index (κ1) is 17.8. The Bertz CT molecular complexity index is 828. The predicted molar refractivity (Wildman–Crippen MR) is 92.3 cm³/mol. The maximum Gasteiger partial charge on any atom is 0.359 e. The molecule has 0 spiro atoms. The Morgan fingerprint density at radius 1 is 1.31 bits per heavy atom. The summed E-state index contributed by atoms with van der Waals surface area (Å²) in [6, 6.07) is 0.129. The zero-order valence-corrected chi connectivity index (χ0v) is 15.0. The standard InChI is InChI=1S/C17H21N5O4/c1-4-26-16(25)14-12-9-21(6-5-13(12)22(20-14)10(2)3)17-18-7-11(8-19-17)15(23)24/h7-8,10H,4-6,9H2,1-3H3,(H,23,24). The lowest BCUT2D eigenvalue weighted by atomic mass is 10.0. The summed E-state index contributed by atoms with van der Waals surface area (Å²) in [6.45, 7) is 7.15. The average Bonchev–Trinajstić information content (AvgIpc) is 3.01. The lowest BCUT2D eigenvalue weighted by molar-refractivity contribution is 0.0516. The Morgan fingerprint density at radius 3 is 2.58 bits per heavy atom. The third kappa shape index (κ3) is 3.24. The monoisotopic (exact) mass is 359 g/mol. The van der Waals surface area contributed by atoms with Crippen molar-refractivity contribution >= 4 is 17.9 Å². The summed E-state index contributed by atoms with van der Waals surface area (Å²) < 4.78 is 7.01. The highest BCUT2D eigenvalue weighted by molar-refractivity contribution is 5.89. The summed E-state index contributed by atoms with van der Waals surface area (Å²) in [7, 11) is 0. The van der Waals surface area contributed by atoms with E-state index in [1.165, 1.54) is 12.4 Å². The van der Waals surface area contributed by atoms with Gasteiger partial charge in [-0.25, -0.2) is 19.6 Å². The van der Waals surface area contributed by atoms with Crippen molar-refractivity contribution < 1.29 is 19.4 Å². The second-order valence-corrected chi connectivity index (χ2v) is 6.28. The number of hydrogen-bond donors (Lipinski definition) is 1. The zero-order chi connectivity index (χ0) is 18.8. The number of aromatic carboxylic acids is 1. The highest BCUT2D eigenvalue weighted by Crippen LogP contribution is 2.27. The van der Waals surface area contributed by atoms with Crippen LogP contribution < -0.4 is 4.90 Å². The van der Waals surface area contributed by atoms with E-state index in [0.29, 0.717) is 31.2 Å². The van der Waals surface area contributed by atoms with Crippen LogP contribution in [0.25, 0.3) is 0 Å². The molecule has 0 bridgehead atoms. The van der Waals surface area contributed by atoms with Crippen molar-refractivity contribution in [3.8, 4) is 0 Å². The molecule has 0 aromatic carbocycles. The highest BCUT2D eigenvalue weighted by Gasteiger charge is 2.30. The molecule has 9 nitrogen and oxygen atoms in total. The zero-order valence-electron chi connectivity index (χ0n) is 15.0. The Kier molecular flexibility index (Phi) is 4.88. The Labute approximate surface area is 150 Å². The minimum atomic E-state index is -1.07. The van der Waals surface area contributed by atoms with Crippen LogP contribution in [0.5, 0.6) is 0 Å². The smallest absolute Gasteiger partial charge is 0.359 e. The molecule has 0 saturated carbocycles. The largest absolute Gasteiger partial charge is 0.478 e. The van der Waals surface area contributed by atoms with Gasteiger partial charge in [-0.2, -0.15) is 5.10 Å². The SMILES string of the molecule is CCOC(=O)c1nn(C(C)C)c2c1CN(c1ncc(C(=O)O)cn1)CC2. The predicted octanol–water partition coefficient (Wildman–Crippen LogP) is 1.69. The molecular formula is C17H21N5O4. The van der Waals surface area contributed by atoms with Gasteiger partial charge >= 0.3 is 11.9 Å². The molecule has 1 aliphatic rings. The summed E-state index contributed by atoms with van der Waals surface area (Å²) in [5, 5.41) is 13.4. The van der Waals surface area contributed by atoms with Gasteiger partial charge in [0.25, 0.3) is 0 Å². The van der Waals surface area contributed by atoms with Crippen molar-refractivity contribution in [3.05, 3.63) is 34.9 Å². The van der Waals surface area contributed by atoms with Gasteiger partial charge in [0.2, 0.25) is 5.95 Å². The van der Waals surface area contributed by atoms with Crippen LogP contribution in [0.1, 0.15) is 58.9 Å². The number of fused-ring (bicyclic) bond motifs is 1. The minimum absolute atomic E-state index is 0.0336. The van der Waals surface area contributed by atoms with Gasteiger partial charge in [-0.05, 0) is 20.8 Å². The second-order valence-electron chi connectivity index (χ2n) is 6.28. The van der Waals surface area contributed by atoms with E-state index in [9.17, 15) is 9.59 Å². The van der Waals surface area contributed by atoms with Gasteiger partial charge in [-0.1, -0.05) is 0 Å². The molecule has 0 unspecified atom stereocenters. The molecule has 0 radical (unpaired) electrons. The van der Waals surface area contributed by atoms with E-state index >= 15 is 0 Å². The number of carboxylic acids is 1. The number of aromatic nitrogens is 4. The van der Waals surface area contributed by atoms with E-state index < -0.39 is 11.9 Å². The van der Waals surface area contributed by atoms with Gasteiger partial charge in [0.05, 0.1) is 18.7 Å². The molecule has 2 aromatic heterocycles. The van der Waals surface area contributed by atoms with Gasteiger partial charge in [-0.15, -0.1) is 0 Å². The molecular weight excluding hydrogens is 338 g/mol. The molecule has 3 heterocycles. The lowest BCUT2D eigenvalue weighted by Crippen LogP contribution is -2.33. The highest BCUT2D eigenvalue weighted by atomic mass is 16.5. The number of anilines is 1.